The van der Waals surface area contributed by atoms with Gasteiger partial charge in [0, 0.05) is 18.3 Å². The lowest BCUT2D eigenvalue weighted by Crippen LogP contribution is -2.06. The van der Waals surface area contributed by atoms with E-state index in [1.54, 1.807) is 12.3 Å². The number of nitrogens with two attached hydrogens (primary N) is 1. The highest BCUT2D eigenvalue weighted by Gasteiger charge is 2.02. The average molecular weight is 232 g/mol. The van der Waals surface area contributed by atoms with Crippen molar-refractivity contribution >= 4 is 11.8 Å². The van der Waals surface area contributed by atoms with Gasteiger partial charge in [0.1, 0.15) is 11.6 Å². The monoisotopic (exact) mass is 232 g/mol. The van der Waals surface area contributed by atoms with E-state index in [1.807, 2.05) is 13.0 Å². The van der Waals surface area contributed by atoms with E-state index in [0.717, 1.165) is 11.1 Å². The number of aromatic nitrogens is 2. The van der Waals surface area contributed by atoms with Crippen LogP contribution in [-0.4, -0.2) is 9.97 Å². The van der Waals surface area contributed by atoms with Crippen LogP contribution in [0.3, 0.4) is 0 Å². The molecule has 0 bridgehead atoms. The first-order chi connectivity index (χ1) is 8.15. The topological polar surface area (TPSA) is 63.8 Å². The predicted molar refractivity (Wildman–Crippen MR) is 64.9 cm³/mol. The minimum absolute atomic E-state index is 0.220. The zero-order valence-electron chi connectivity index (χ0n) is 9.44. The second-order valence-corrected chi connectivity index (χ2v) is 3.74. The highest BCUT2D eigenvalue weighted by atomic mass is 19.1. The third-order valence-electron chi connectivity index (χ3n) is 2.34. The summed E-state index contributed by atoms with van der Waals surface area (Å²) >= 11 is 0. The molecular weight excluding hydrogens is 219 g/mol. The van der Waals surface area contributed by atoms with Crippen LogP contribution < -0.4 is 11.1 Å². The fraction of sp³-hybridized carbons (Fsp3) is 0.167. The Morgan fingerprint density at radius 1 is 1.41 bits per heavy atom. The van der Waals surface area contributed by atoms with Crippen molar-refractivity contribution in [2.75, 3.05) is 11.1 Å². The maximum atomic E-state index is 13.0. The largest absolute Gasteiger partial charge is 0.368 e. The third-order valence-corrected chi connectivity index (χ3v) is 2.34. The van der Waals surface area contributed by atoms with E-state index in [4.69, 9.17) is 5.73 Å². The molecule has 0 atom stereocenters. The zero-order valence-corrected chi connectivity index (χ0v) is 9.44. The number of nitrogens with zero attached hydrogens (tertiary/aromatic N) is 2. The number of anilines is 2. The number of nitrogen functional groups attached to an aromatic ring is 1. The number of hydrogen-bond acceptors (Lipinski definition) is 4. The van der Waals surface area contributed by atoms with Gasteiger partial charge in [0.05, 0.1) is 0 Å². The molecule has 0 aliphatic rings. The lowest BCUT2D eigenvalue weighted by Gasteiger charge is -2.08. The molecule has 1 aromatic carbocycles. The van der Waals surface area contributed by atoms with Crippen LogP contribution in [0.4, 0.5) is 16.2 Å². The average Bonchev–Trinajstić information content (AvgIpc) is 2.30. The van der Waals surface area contributed by atoms with E-state index in [2.05, 4.69) is 15.3 Å². The van der Waals surface area contributed by atoms with Gasteiger partial charge < -0.3 is 11.1 Å². The Morgan fingerprint density at radius 2 is 2.24 bits per heavy atom. The minimum atomic E-state index is -0.247. The SMILES string of the molecule is Cc1cnc(N)nc1NCc1cccc(F)c1. The van der Waals surface area contributed by atoms with Gasteiger partial charge in [0.25, 0.3) is 0 Å². The first-order valence-corrected chi connectivity index (χ1v) is 5.22. The summed E-state index contributed by atoms with van der Waals surface area (Å²) in [5.41, 5.74) is 7.25. The maximum absolute atomic E-state index is 13.0. The van der Waals surface area contributed by atoms with Crippen molar-refractivity contribution in [1.29, 1.82) is 0 Å². The molecule has 0 fully saturated rings. The van der Waals surface area contributed by atoms with Crippen LogP contribution in [0.25, 0.3) is 0 Å². The van der Waals surface area contributed by atoms with Crippen LogP contribution in [0.5, 0.6) is 0 Å². The molecule has 2 aromatic rings. The smallest absolute Gasteiger partial charge is 0.221 e. The quantitative estimate of drug-likeness (QED) is 0.850. The maximum Gasteiger partial charge on any atom is 0.221 e. The number of hydrogen-bond donors (Lipinski definition) is 2. The minimum Gasteiger partial charge on any atom is -0.368 e. The molecular formula is C12H13FN4. The Morgan fingerprint density at radius 3 is 3.00 bits per heavy atom. The normalized spacial score (nSPS) is 10.2. The first kappa shape index (κ1) is 11.3. The van der Waals surface area contributed by atoms with E-state index in [1.165, 1.54) is 12.1 Å². The van der Waals surface area contributed by atoms with Crippen LogP contribution in [0.2, 0.25) is 0 Å². The van der Waals surface area contributed by atoms with Gasteiger partial charge >= 0.3 is 0 Å². The first-order valence-electron chi connectivity index (χ1n) is 5.22. The molecule has 4 nitrogen and oxygen atoms in total. The highest BCUT2D eigenvalue weighted by molar-refractivity contribution is 5.45. The fourth-order valence-electron chi connectivity index (χ4n) is 1.47. The molecule has 88 valence electrons. The summed E-state index contributed by atoms with van der Waals surface area (Å²) < 4.78 is 13.0. The van der Waals surface area contributed by atoms with E-state index >= 15 is 0 Å². The van der Waals surface area contributed by atoms with Crippen molar-refractivity contribution in [3.63, 3.8) is 0 Å². The van der Waals surface area contributed by atoms with Gasteiger partial charge in [-0.15, -0.1) is 0 Å². The molecule has 0 saturated heterocycles. The molecule has 0 saturated carbocycles. The van der Waals surface area contributed by atoms with Gasteiger partial charge in [0.2, 0.25) is 5.95 Å². The number of nitrogens with one attached hydrogen (secondary N) is 1. The van der Waals surface area contributed by atoms with Crippen LogP contribution in [-0.2, 0) is 6.54 Å². The summed E-state index contributed by atoms with van der Waals surface area (Å²) in [4.78, 5) is 7.95. The third kappa shape index (κ3) is 2.90. The van der Waals surface area contributed by atoms with Crippen LogP contribution in [0.1, 0.15) is 11.1 Å². The number of halogens is 1. The summed E-state index contributed by atoms with van der Waals surface area (Å²) in [5, 5.41) is 3.10. The second-order valence-electron chi connectivity index (χ2n) is 3.74. The highest BCUT2D eigenvalue weighted by Crippen LogP contribution is 2.12. The molecule has 1 aromatic heterocycles. The van der Waals surface area contributed by atoms with Gasteiger partial charge in [-0.05, 0) is 24.6 Å². The van der Waals surface area contributed by atoms with Crippen LogP contribution >= 0.6 is 0 Å². The number of aryl methyl sites for hydroxylation is 1. The summed E-state index contributed by atoms with van der Waals surface area (Å²) in [5.74, 6) is 0.641. The Balaban J connectivity index is 2.09. The molecule has 17 heavy (non-hydrogen) atoms. The van der Waals surface area contributed by atoms with Crippen molar-refractivity contribution < 1.29 is 4.39 Å². The lowest BCUT2D eigenvalue weighted by molar-refractivity contribution is 0.626. The molecule has 0 spiro atoms. The number of rotatable bonds is 3. The Hall–Kier alpha value is -2.17. The predicted octanol–water partition coefficient (Wildman–Crippen LogP) is 2.12. The summed E-state index contributed by atoms with van der Waals surface area (Å²) in [6.45, 7) is 2.38. The molecule has 0 radical (unpaired) electrons. The van der Waals surface area contributed by atoms with Crippen molar-refractivity contribution in [2.24, 2.45) is 0 Å². The second kappa shape index (κ2) is 4.78. The molecule has 0 aliphatic heterocycles. The Kier molecular flexibility index (Phi) is 3.18. The summed E-state index contributed by atoms with van der Waals surface area (Å²) in [6, 6.07) is 6.41. The number of benzene rings is 1. The van der Waals surface area contributed by atoms with Gasteiger partial charge in [-0.1, -0.05) is 12.1 Å². The lowest BCUT2D eigenvalue weighted by atomic mass is 10.2. The van der Waals surface area contributed by atoms with Gasteiger partial charge in [-0.2, -0.15) is 4.98 Å². The van der Waals surface area contributed by atoms with E-state index in [0.29, 0.717) is 12.4 Å². The van der Waals surface area contributed by atoms with Crippen molar-refractivity contribution in [1.82, 2.24) is 9.97 Å². The van der Waals surface area contributed by atoms with Crippen LogP contribution in [0.15, 0.2) is 30.5 Å². The van der Waals surface area contributed by atoms with Crippen molar-refractivity contribution in [3.8, 4) is 0 Å². The van der Waals surface area contributed by atoms with E-state index < -0.39 is 0 Å². The Bertz CT molecular complexity index is 528. The fourth-order valence-corrected chi connectivity index (χ4v) is 1.47. The molecule has 1 heterocycles. The van der Waals surface area contributed by atoms with Crippen LogP contribution in [0, 0.1) is 12.7 Å². The molecule has 0 amide bonds. The molecule has 0 aliphatic carbocycles. The summed E-state index contributed by atoms with van der Waals surface area (Å²) in [6.07, 6.45) is 1.65. The zero-order chi connectivity index (χ0) is 12.3. The standard InChI is InChI=1S/C12H13FN4/c1-8-6-16-12(14)17-11(8)15-7-9-3-2-4-10(13)5-9/h2-6H,7H2,1H3,(H3,14,15,16,17). The van der Waals surface area contributed by atoms with Gasteiger partial charge in [0.15, 0.2) is 0 Å². The van der Waals surface area contributed by atoms with E-state index in [-0.39, 0.29) is 11.8 Å². The van der Waals surface area contributed by atoms with Crippen molar-refractivity contribution in [2.45, 2.75) is 13.5 Å². The Labute approximate surface area is 98.7 Å². The van der Waals surface area contributed by atoms with Gasteiger partial charge in [-0.3, -0.25) is 0 Å². The molecule has 5 heteroatoms. The van der Waals surface area contributed by atoms with Crippen molar-refractivity contribution in [3.05, 3.63) is 47.4 Å². The van der Waals surface area contributed by atoms with E-state index in [9.17, 15) is 4.39 Å². The molecule has 0 unspecified atom stereocenters. The molecule has 2 rings (SSSR count). The van der Waals surface area contributed by atoms with Gasteiger partial charge in [-0.25, -0.2) is 9.37 Å². The molecule has 3 N–H and O–H groups in total. The summed E-state index contributed by atoms with van der Waals surface area (Å²) in [7, 11) is 0.